The molecule has 3 rings (SSSR count). The first-order valence-corrected chi connectivity index (χ1v) is 10.7. The maximum Gasteiger partial charge on any atom is 0.280 e. The average Bonchev–Trinajstić information content (AvgIpc) is 2.98. The number of piperazine rings is 1. The van der Waals surface area contributed by atoms with E-state index in [1.807, 2.05) is 18.4 Å². The van der Waals surface area contributed by atoms with E-state index in [2.05, 4.69) is 16.3 Å². The normalized spacial score (nSPS) is 14.5. The minimum Gasteiger partial charge on any atom is -0.385 e. The van der Waals surface area contributed by atoms with Gasteiger partial charge in [0, 0.05) is 31.6 Å². The van der Waals surface area contributed by atoms with Gasteiger partial charge < -0.3 is 24.4 Å². The van der Waals surface area contributed by atoms with E-state index in [0.717, 1.165) is 49.5 Å². The number of hydrogen-bond donors (Lipinski definition) is 2. The Hall–Kier alpha value is -2.89. The second-order valence-corrected chi connectivity index (χ2v) is 7.98. The van der Waals surface area contributed by atoms with E-state index in [1.165, 1.54) is 17.0 Å². The van der Waals surface area contributed by atoms with Crippen molar-refractivity contribution in [1.29, 1.82) is 5.26 Å². The fourth-order valence-electron chi connectivity index (χ4n) is 4.09. The molecule has 0 aliphatic carbocycles. The summed E-state index contributed by atoms with van der Waals surface area (Å²) in [6.07, 6.45) is 0.801. The molecule has 0 atom stereocenters. The van der Waals surface area contributed by atoms with E-state index in [9.17, 15) is 14.4 Å². The summed E-state index contributed by atoms with van der Waals surface area (Å²) < 4.78 is 20.3. The second-order valence-electron chi connectivity index (χ2n) is 7.98. The Labute approximate surface area is 183 Å². The number of ether oxygens (including phenoxy) is 1. The van der Waals surface area contributed by atoms with Crippen molar-refractivity contribution in [3.63, 3.8) is 0 Å². The largest absolute Gasteiger partial charge is 0.385 e. The first-order valence-electron chi connectivity index (χ1n) is 10.7. The number of rotatable bonds is 8. The van der Waals surface area contributed by atoms with Gasteiger partial charge in [-0.1, -0.05) is 0 Å². The van der Waals surface area contributed by atoms with Crippen LogP contribution in [0.25, 0.3) is 0 Å². The van der Waals surface area contributed by atoms with E-state index in [-0.39, 0.29) is 11.7 Å². The molecule has 1 fully saturated rings. The molecule has 1 amide bonds. The van der Waals surface area contributed by atoms with Gasteiger partial charge in [-0.3, -0.25) is 4.79 Å². The lowest BCUT2D eigenvalue weighted by Gasteiger charge is -2.33. The number of aromatic nitrogens is 1. The maximum absolute atomic E-state index is 13.1. The lowest BCUT2D eigenvalue weighted by molar-refractivity contribution is -0.892. The van der Waals surface area contributed by atoms with Crippen molar-refractivity contribution in [1.82, 2.24) is 4.57 Å². The Morgan fingerprint density at radius 1 is 1.26 bits per heavy atom. The number of benzene rings is 1. The molecule has 1 aromatic carbocycles. The molecule has 1 saturated heterocycles. The van der Waals surface area contributed by atoms with E-state index in [0.29, 0.717) is 31.1 Å². The van der Waals surface area contributed by atoms with Gasteiger partial charge in [0.15, 0.2) is 6.54 Å². The molecule has 166 valence electrons. The van der Waals surface area contributed by atoms with Crippen molar-refractivity contribution >= 4 is 17.4 Å². The zero-order valence-electron chi connectivity index (χ0n) is 18.5. The van der Waals surface area contributed by atoms with Gasteiger partial charge in [-0.15, -0.1) is 0 Å². The Morgan fingerprint density at radius 2 is 1.94 bits per heavy atom. The van der Waals surface area contributed by atoms with Gasteiger partial charge in [0.05, 0.1) is 31.7 Å². The molecule has 0 bridgehead atoms. The van der Waals surface area contributed by atoms with Crippen molar-refractivity contribution in [2.45, 2.75) is 26.8 Å². The highest BCUT2D eigenvalue weighted by Gasteiger charge is 2.25. The summed E-state index contributed by atoms with van der Waals surface area (Å²) in [5.41, 5.74) is 3.42. The molecule has 0 spiro atoms. The third-order valence-electron chi connectivity index (χ3n) is 6.00. The number of nitrogens with zero attached hydrogens (tertiary/aromatic N) is 3. The van der Waals surface area contributed by atoms with Gasteiger partial charge in [-0.2, -0.15) is 5.26 Å². The molecule has 1 aliphatic heterocycles. The van der Waals surface area contributed by atoms with Crippen LogP contribution in [0.3, 0.4) is 0 Å². The molecule has 0 radical (unpaired) electrons. The molecule has 1 aliphatic rings. The summed E-state index contributed by atoms with van der Waals surface area (Å²) in [5.74, 6) is 0.258. The number of anilines is 2. The Bertz CT molecular complexity index is 940. The fourth-order valence-corrected chi connectivity index (χ4v) is 4.09. The molecule has 1 aromatic heterocycles. The first-order chi connectivity index (χ1) is 14.9. The van der Waals surface area contributed by atoms with Crippen LogP contribution in [0.1, 0.15) is 23.2 Å². The summed E-state index contributed by atoms with van der Waals surface area (Å²) in [5, 5.41) is 12.6. The Morgan fingerprint density at radius 3 is 2.55 bits per heavy atom. The lowest BCUT2D eigenvalue weighted by Crippen LogP contribution is -3.15. The molecule has 0 unspecified atom stereocenters. The lowest BCUT2D eigenvalue weighted by atomic mass is 10.2. The molecule has 2 aromatic rings. The molecule has 0 saturated carbocycles. The molecular weight excluding hydrogens is 397 g/mol. The third kappa shape index (κ3) is 5.43. The molecule has 31 heavy (non-hydrogen) atoms. The second kappa shape index (κ2) is 10.4. The maximum atomic E-state index is 13.1. The third-order valence-corrected chi connectivity index (χ3v) is 6.00. The van der Waals surface area contributed by atoms with Gasteiger partial charge >= 0.3 is 0 Å². The number of halogens is 1. The van der Waals surface area contributed by atoms with Crippen LogP contribution < -0.4 is 15.1 Å². The number of nitriles is 1. The minimum atomic E-state index is -0.237. The Kier molecular flexibility index (Phi) is 7.66. The van der Waals surface area contributed by atoms with E-state index in [1.54, 1.807) is 19.2 Å². The molecule has 2 N–H and O–H groups in total. The van der Waals surface area contributed by atoms with Crippen LogP contribution in [-0.2, 0) is 16.1 Å². The number of amides is 1. The predicted octanol–water partition coefficient (Wildman–Crippen LogP) is 1.50. The van der Waals surface area contributed by atoms with Crippen molar-refractivity contribution in [2.75, 3.05) is 56.7 Å². The molecular formula is C23H31FN5O2+. The van der Waals surface area contributed by atoms with Gasteiger partial charge in [0.1, 0.15) is 17.7 Å². The number of quaternary nitrogens is 1. The standard InChI is InChI=1S/C23H30FN5O2/c1-17-18(2)29(9-4-14-31-3)23(21(17)15-25)26-22(30)16-27-10-12-28(13-11-27)20-7-5-19(24)6-8-20/h5-8H,4,9-14,16H2,1-3H3,(H,26,30)/p+1. The van der Waals surface area contributed by atoms with Crippen LogP contribution in [0.4, 0.5) is 15.9 Å². The van der Waals surface area contributed by atoms with Crippen LogP contribution >= 0.6 is 0 Å². The number of methoxy groups -OCH3 is 1. The Balaban J connectivity index is 1.60. The van der Waals surface area contributed by atoms with Crippen molar-refractivity contribution in [2.24, 2.45) is 0 Å². The topological polar surface area (TPSA) is 74.7 Å². The van der Waals surface area contributed by atoms with Crippen LogP contribution in [0.15, 0.2) is 24.3 Å². The van der Waals surface area contributed by atoms with Gasteiger partial charge in [-0.25, -0.2) is 4.39 Å². The number of carbonyl (C=O) groups is 1. The van der Waals surface area contributed by atoms with Gasteiger partial charge in [-0.05, 0) is 50.1 Å². The zero-order chi connectivity index (χ0) is 22.4. The van der Waals surface area contributed by atoms with Crippen LogP contribution in [0, 0.1) is 31.0 Å². The smallest absolute Gasteiger partial charge is 0.280 e. The van der Waals surface area contributed by atoms with Gasteiger partial charge in [0.2, 0.25) is 0 Å². The van der Waals surface area contributed by atoms with Crippen LogP contribution in [0.2, 0.25) is 0 Å². The highest BCUT2D eigenvalue weighted by molar-refractivity contribution is 5.92. The van der Waals surface area contributed by atoms with Gasteiger partial charge in [0.25, 0.3) is 5.91 Å². The first kappa shape index (κ1) is 22.8. The SMILES string of the molecule is COCCCn1c(C)c(C)c(C#N)c1NC(=O)C[NH+]1CCN(c2ccc(F)cc2)CC1. The summed E-state index contributed by atoms with van der Waals surface area (Å²) in [6.45, 7) is 8.80. The quantitative estimate of drug-likeness (QED) is 0.625. The average molecular weight is 429 g/mol. The van der Waals surface area contributed by atoms with Crippen LogP contribution in [-0.4, -0.2) is 56.9 Å². The van der Waals surface area contributed by atoms with Crippen molar-refractivity contribution in [3.05, 3.63) is 46.9 Å². The van der Waals surface area contributed by atoms with Crippen molar-refractivity contribution < 1.29 is 18.8 Å². The van der Waals surface area contributed by atoms with Crippen LogP contribution in [0.5, 0.6) is 0 Å². The molecule has 7 nitrogen and oxygen atoms in total. The molecule has 2 heterocycles. The highest BCUT2D eigenvalue weighted by atomic mass is 19.1. The monoisotopic (exact) mass is 428 g/mol. The van der Waals surface area contributed by atoms with E-state index in [4.69, 9.17) is 4.74 Å². The van der Waals surface area contributed by atoms with Crippen molar-refractivity contribution in [3.8, 4) is 6.07 Å². The summed E-state index contributed by atoms with van der Waals surface area (Å²) in [4.78, 5) is 16.2. The molecule has 8 heteroatoms. The number of nitrogens with one attached hydrogen (secondary N) is 2. The van der Waals surface area contributed by atoms with E-state index >= 15 is 0 Å². The van der Waals surface area contributed by atoms with E-state index < -0.39 is 0 Å². The predicted molar refractivity (Wildman–Crippen MR) is 118 cm³/mol. The zero-order valence-corrected chi connectivity index (χ0v) is 18.5. The summed E-state index contributed by atoms with van der Waals surface area (Å²) in [6, 6.07) is 8.77. The minimum absolute atomic E-state index is 0.0905. The number of carbonyl (C=O) groups excluding carboxylic acids is 1. The summed E-state index contributed by atoms with van der Waals surface area (Å²) >= 11 is 0. The number of hydrogen-bond acceptors (Lipinski definition) is 4. The highest BCUT2D eigenvalue weighted by Crippen LogP contribution is 2.26. The fraction of sp³-hybridized carbons (Fsp3) is 0.478. The summed E-state index contributed by atoms with van der Waals surface area (Å²) in [7, 11) is 1.66.